The van der Waals surface area contributed by atoms with Crippen LogP contribution in [0.3, 0.4) is 0 Å². The van der Waals surface area contributed by atoms with E-state index in [1.54, 1.807) is 43.3 Å². The van der Waals surface area contributed by atoms with Crippen molar-refractivity contribution in [1.82, 2.24) is 0 Å². The van der Waals surface area contributed by atoms with Crippen LogP contribution < -0.4 is 15.4 Å². The standard InChI is InChI=1S/C20H22N2O5/c1-13-6-4-9-18(10-13)27-14(2)20(25)26-12-19(24)22-17-8-5-7-16(11-17)21-15(3)23/h4-11,14H,12H2,1-3H3,(H,21,23)(H,22,24)/t14-/m0/s1. The maximum absolute atomic E-state index is 12.0. The predicted octanol–water partition coefficient (Wildman–Crippen LogP) is 2.90. The van der Waals surface area contributed by atoms with Crippen LogP contribution in [0.4, 0.5) is 11.4 Å². The molecule has 7 nitrogen and oxygen atoms in total. The highest BCUT2D eigenvalue weighted by Gasteiger charge is 2.18. The zero-order valence-corrected chi connectivity index (χ0v) is 15.4. The van der Waals surface area contributed by atoms with E-state index in [0.29, 0.717) is 17.1 Å². The van der Waals surface area contributed by atoms with Crippen molar-refractivity contribution in [3.63, 3.8) is 0 Å². The molecule has 0 spiro atoms. The number of hydrogen-bond acceptors (Lipinski definition) is 5. The number of carbonyl (C=O) groups excluding carboxylic acids is 3. The highest BCUT2D eigenvalue weighted by molar-refractivity contribution is 5.94. The summed E-state index contributed by atoms with van der Waals surface area (Å²) in [5, 5.41) is 5.22. The molecule has 2 rings (SSSR count). The molecule has 0 bridgehead atoms. The monoisotopic (exact) mass is 370 g/mol. The van der Waals surface area contributed by atoms with E-state index in [1.165, 1.54) is 6.92 Å². The van der Waals surface area contributed by atoms with Gasteiger partial charge < -0.3 is 20.1 Å². The number of aryl methyl sites for hydroxylation is 1. The van der Waals surface area contributed by atoms with Gasteiger partial charge >= 0.3 is 5.97 Å². The van der Waals surface area contributed by atoms with Crippen LogP contribution in [0.2, 0.25) is 0 Å². The molecule has 0 aliphatic heterocycles. The first kappa shape index (κ1) is 20.0. The normalized spacial score (nSPS) is 11.2. The Morgan fingerprint density at radius 3 is 2.33 bits per heavy atom. The summed E-state index contributed by atoms with van der Waals surface area (Å²) in [5.74, 6) is -0.793. The fourth-order valence-corrected chi connectivity index (χ4v) is 2.27. The molecule has 0 aliphatic rings. The molecule has 2 aromatic rings. The maximum Gasteiger partial charge on any atom is 0.347 e. The van der Waals surface area contributed by atoms with Crippen molar-refractivity contribution >= 4 is 29.2 Å². The number of benzene rings is 2. The minimum absolute atomic E-state index is 0.213. The lowest BCUT2D eigenvalue weighted by atomic mass is 10.2. The van der Waals surface area contributed by atoms with Gasteiger partial charge in [0.05, 0.1) is 0 Å². The molecule has 1 atom stereocenters. The Balaban J connectivity index is 1.82. The van der Waals surface area contributed by atoms with Crippen molar-refractivity contribution in [1.29, 1.82) is 0 Å². The highest BCUT2D eigenvalue weighted by Crippen LogP contribution is 2.16. The van der Waals surface area contributed by atoms with Crippen LogP contribution in [-0.4, -0.2) is 30.5 Å². The lowest BCUT2D eigenvalue weighted by molar-refractivity contribution is -0.153. The largest absolute Gasteiger partial charge is 0.479 e. The van der Waals surface area contributed by atoms with E-state index < -0.39 is 24.6 Å². The van der Waals surface area contributed by atoms with E-state index in [1.807, 2.05) is 19.1 Å². The van der Waals surface area contributed by atoms with Crippen LogP contribution in [0.5, 0.6) is 5.75 Å². The molecule has 0 saturated heterocycles. The van der Waals surface area contributed by atoms with Crippen LogP contribution in [0, 0.1) is 6.92 Å². The molecule has 2 amide bonds. The highest BCUT2D eigenvalue weighted by atomic mass is 16.6. The zero-order chi connectivity index (χ0) is 19.8. The molecule has 2 aromatic carbocycles. The van der Waals surface area contributed by atoms with Crippen LogP contribution in [-0.2, 0) is 19.1 Å². The van der Waals surface area contributed by atoms with E-state index in [0.717, 1.165) is 5.56 Å². The number of anilines is 2. The Hall–Kier alpha value is -3.35. The Kier molecular flexibility index (Phi) is 6.93. The lowest BCUT2D eigenvalue weighted by Crippen LogP contribution is -2.29. The second-order valence-electron chi connectivity index (χ2n) is 5.99. The molecule has 0 aromatic heterocycles. The van der Waals surface area contributed by atoms with Crippen LogP contribution in [0.25, 0.3) is 0 Å². The molecule has 0 radical (unpaired) electrons. The Bertz CT molecular complexity index is 835. The Labute approximate surface area is 157 Å². The van der Waals surface area contributed by atoms with Gasteiger partial charge in [-0.25, -0.2) is 4.79 Å². The SMILES string of the molecule is CC(=O)Nc1cccc(NC(=O)COC(=O)[C@H](C)Oc2cccc(C)c2)c1. The summed E-state index contributed by atoms with van der Waals surface area (Å²) in [4.78, 5) is 35.0. The van der Waals surface area contributed by atoms with Gasteiger partial charge in [0.25, 0.3) is 5.91 Å². The molecule has 0 aliphatic carbocycles. The van der Waals surface area contributed by atoms with Crippen LogP contribution in [0.1, 0.15) is 19.4 Å². The van der Waals surface area contributed by atoms with Crippen molar-refractivity contribution in [3.8, 4) is 5.75 Å². The van der Waals surface area contributed by atoms with Crippen LogP contribution >= 0.6 is 0 Å². The molecule has 142 valence electrons. The minimum Gasteiger partial charge on any atom is -0.479 e. The van der Waals surface area contributed by atoms with Crippen molar-refractivity contribution in [2.75, 3.05) is 17.2 Å². The molecule has 0 saturated carbocycles. The first-order valence-corrected chi connectivity index (χ1v) is 8.41. The van der Waals surface area contributed by atoms with Crippen molar-refractivity contribution in [3.05, 3.63) is 54.1 Å². The second kappa shape index (κ2) is 9.38. The van der Waals surface area contributed by atoms with Crippen molar-refractivity contribution in [2.24, 2.45) is 0 Å². The Morgan fingerprint density at radius 2 is 1.67 bits per heavy atom. The van der Waals surface area contributed by atoms with E-state index in [9.17, 15) is 14.4 Å². The average molecular weight is 370 g/mol. The fourth-order valence-electron chi connectivity index (χ4n) is 2.27. The molecule has 7 heteroatoms. The number of carbonyl (C=O) groups is 3. The molecule has 2 N–H and O–H groups in total. The fraction of sp³-hybridized carbons (Fsp3) is 0.250. The first-order valence-electron chi connectivity index (χ1n) is 8.41. The van der Waals surface area contributed by atoms with Gasteiger partial charge in [0.15, 0.2) is 12.7 Å². The number of nitrogens with one attached hydrogen (secondary N) is 2. The second-order valence-corrected chi connectivity index (χ2v) is 5.99. The summed E-state index contributed by atoms with van der Waals surface area (Å²) in [6.07, 6.45) is -0.845. The summed E-state index contributed by atoms with van der Waals surface area (Å²) in [6.45, 7) is 4.43. The summed E-state index contributed by atoms with van der Waals surface area (Å²) in [5.41, 5.74) is 2.04. The number of rotatable bonds is 7. The van der Waals surface area contributed by atoms with Crippen LogP contribution in [0.15, 0.2) is 48.5 Å². The summed E-state index contributed by atoms with van der Waals surface area (Å²) < 4.78 is 10.5. The molecular formula is C20H22N2O5. The third-order valence-electron chi connectivity index (χ3n) is 3.45. The average Bonchev–Trinajstić information content (AvgIpc) is 2.59. The summed E-state index contributed by atoms with van der Waals surface area (Å²) in [6, 6.07) is 13.9. The topological polar surface area (TPSA) is 93.7 Å². The van der Waals surface area contributed by atoms with Gasteiger partial charge in [-0.1, -0.05) is 18.2 Å². The predicted molar refractivity (Wildman–Crippen MR) is 102 cm³/mol. The number of hydrogen-bond donors (Lipinski definition) is 2. The lowest BCUT2D eigenvalue weighted by Gasteiger charge is -2.14. The van der Waals surface area contributed by atoms with E-state index in [2.05, 4.69) is 10.6 Å². The number of ether oxygens (including phenoxy) is 2. The minimum atomic E-state index is -0.845. The van der Waals surface area contributed by atoms with Gasteiger partial charge in [-0.15, -0.1) is 0 Å². The third kappa shape index (κ3) is 6.81. The molecule has 0 heterocycles. The van der Waals surface area contributed by atoms with E-state index in [-0.39, 0.29) is 5.91 Å². The summed E-state index contributed by atoms with van der Waals surface area (Å²) >= 11 is 0. The first-order chi connectivity index (χ1) is 12.8. The third-order valence-corrected chi connectivity index (χ3v) is 3.45. The van der Waals surface area contributed by atoms with Gasteiger partial charge in [-0.2, -0.15) is 0 Å². The number of esters is 1. The number of amides is 2. The van der Waals surface area contributed by atoms with Gasteiger partial charge in [0.2, 0.25) is 5.91 Å². The van der Waals surface area contributed by atoms with Gasteiger partial charge in [0.1, 0.15) is 5.75 Å². The van der Waals surface area contributed by atoms with Crippen molar-refractivity contribution < 1.29 is 23.9 Å². The maximum atomic E-state index is 12.0. The van der Waals surface area contributed by atoms with E-state index >= 15 is 0 Å². The zero-order valence-electron chi connectivity index (χ0n) is 15.4. The quantitative estimate of drug-likeness (QED) is 0.731. The van der Waals surface area contributed by atoms with Gasteiger partial charge in [0, 0.05) is 18.3 Å². The molecule has 27 heavy (non-hydrogen) atoms. The molecule has 0 fully saturated rings. The molecule has 0 unspecified atom stereocenters. The summed E-state index contributed by atoms with van der Waals surface area (Å²) in [7, 11) is 0. The smallest absolute Gasteiger partial charge is 0.347 e. The van der Waals surface area contributed by atoms with Crippen molar-refractivity contribution in [2.45, 2.75) is 26.9 Å². The Morgan fingerprint density at radius 1 is 1.00 bits per heavy atom. The van der Waals surface area contributed by atoms with Gasteiger partial charge in [-0.3, -0.25) is 9.59 Å². The molecular weight excluding hydrogens is 348 g/mol. The van der Waals surface area contributed by atoms with Gasteiger partial charge in [-0.05, 0) is 49.7 Å². The van der Waals surface area contributed by atoms with E-state index in [4.69, 9.17) is 9.47 Å².